The van der Waals surface area contributed by atoms with E-state index in [-0.39, 0.29) is 0 Å². The molecule has 7 heavy (non-hydrogen) atoms. The van der Waals surface area contributed by atoms with E-state index in [9.17, 15) is 0 Å². The number of nitrogen functional groups attached to an aromatic ring is 1. The second-order valence-corrected chi connectivity index (χ2v) is 2.15. The number of nitrogens with zero attached hydrogens (tertiary/aromatic N) is 1. The van der Waals surface area contributed by atoms with Gasteiger partial charge in [0.15, 0.2) is 0 Å². The van der Waals surface area contributed by atoms with Crippen LogP contribution in [0.5, 0.6) is 0 Å². The first-order chi connectivity index (χ1) is 3.30. The summed E-state index contributed by atoms with van der Waals surface area (Å²) >= 11 is 2.05. The molecule has 1 aromatic rings. The van der Waals surface area contributed by atoms with E-state index < -0.39 is 0 Å². The van der Waals surface area contributed by atoms with E-state index in [1.807, 2.05) is 0 Å². The Morgan fingerprint density at radius 3 is 2.71 bits per heavy atom. The minimum Gasteiger partial charge on any atom is -0.395 e. The number of nitrogens with one attached hydrogen (secondary N) is 1. The Balaban J connectivity index is 3.12. The number of aromatic amines is 1. The Morgan fingerprint density at radius 2 is 2.57 bits per heavy atom. The van der Waals surface area contributed by atoms with Crippen LogP contribution in [0.3, 0.4) is 0 Å². The van der Waals surface area contributed by atoms with E-state index in [1.54, 1.807) is 6.20 Å². The number of anilines is 1. The van der Waals surface area contributed by atoms with Crippen molar-refractivity contribution in [2.24, 2.45) is 0 Å². The number of hydrogen-bond donors (Lipinski definition) is 2. The van der Waals surface area contributed by atoms with E-state index >= 15 is 0 Å². The van der Waals surface area contributed by atoms with Crippen LogP contribution in [0.4, 0.5) is 5.69 Å². The molecule has 0 aliphatic carbocycles. The van der Waals surface area contributed by atoms with Crippen molar-refractivity contribution in [3.63, 3.8) is 0 Å². The molecule has 0 unspecified atom stereocenters. The Hall–Kier alpha value is -0.260. The molecule has 0 aliphatic heterocycles. The van der Waals surface area contributed by atoms with Crippen molar-refractivity contribution in [2.75, 3.05) is 5.73 Å². The van der Waals surface area contributed by atoms with Crippen LogP contribution in [0.2, 0.25) is 0 Å². The number of hydrogen-bond acceptors (Lipinski definition) is 2. The summed E-state index contributed by atoms with van der Waals surface area (Å²) in [6.45, 7) is 0. The van der Waals surface area contributed by atoms with Gasteiger partial charge in [-0.05, 0) is 22.6 Å². The summed E-state index contributed by atoms with van der Waals surface area (Å²) in [5.41, 5.74) is 6.05. The highest BCUT2D eigenvalue weighted by molar-refractivity contribution is 14.1. The number of H-pyrrole nitrogens is 1. The van der Waals surface area contributed by atoms with Gasteiger partial charge in [-0.3, -0.25) is 5.10 Å². The van der Waals surface area contributed by atoms with Gasteiger partial charge in [-0.2, -0.15) is 5.10 Å². The largest absolute Gasteiger partial charge is 0.395 e. The van der Waals surface area contributed by atoms with Crippen LogP contribution in [0.15, 0.2) is 6.20 Å². The van der Waals surface area contributed by atoms with Gasteiger partial charge in [0.05, 0.1) is 5.69 Å². The van der Waals surface area contributed by atoms with E-state index in [0.717, 1.165) is 3.70 Å². The second kappa shape index (κ2) is 1.69. The van der Waals surface area contributed by atoms with Crippen LogP contribution in [-0.2, 0) is 0 Å². The maximum absolute atomic E-state index is 5.34. The molecule has 38 valence electrons. The van der Waals surface area contributed by atoms with Gasteiger partial charge in [0.2, 0.25) is 0 Å². The van der Waals surface area contributed by atoms with Crippen molar-refractivity contribution in [2.45, 2.75) is 0 Å². The first-order valence-electron chi connectivity index (χ1n) is 1.75. The normalized spacial score (nSPS) is 9.29. The highest BCUT2D eigenvalue weighted by atomic mass is 127. The molecule has 0 radical (unpaired) electrons. The van der Waals surface area contributed by atoms with E-state index in [2.05, 4.69) is 32.8 Å². The fourth-order valence-corrected chi connectivity index (χ4v) is 0.578. The lowest BCUT2D eigenvalue weighted by Crippen LogP contribution is -1.81. The molecule has 0 spiro atoms. The predicted octanol–water partition coefficient (Wildman–Crippen LogP) is 0.597. The zero-order chi connectivity index (χ0) is 5.28. The molecule has 0 aromatic carbocycles. The Bertz CT molecular complexity index is 142. The van der Waals surface area contributed by atoms with Gasteiger partial charge in [0.25, 0.3) is 0 Å². The molecule has 0 amide bonds. The molecule has 0 saturated heterocycles. The van der Waals surface area contributed by atoms with Crippen LogP contribution in [-0.4, -0.2) is 10.2 Å². The lowest BCUT2D eigenvalue weighted by molar-refractivity contribution is 1.07. The maximum atomic E-state index is 5.34. The van der Waals surface area contributed by atoms with Crippen LogP contribution in [0, 0.1) is 3.70 Å². The summed E-state index contributed by atoms with van der Waals surface area (Å²) in [7, 11) is 0. The SMILES string of the molecule is Nc1c[nH]nc1I. The minimum atomic E-state index is 0.709. The monoisotopic (exact) mass is 209 g/mol. The van der Waals surface area contributed by atoms with Crippen molar-refractivity contribution in [3.8, 4) is 0 Å². The number of halogens is 1. The van der Waals surface area contributed by atoms with Crippen molar-refractivity contribution in [3.05, 3.63) is 9.90 Å². The van der Waals surface area contributed by atoms with Crippen molar-refractivity contribution in [1.82, 2.24) is 10.2 Å². The highest BCUT2D eigenvalue weighted by Crippen LogP contribution is 2.07. The molecular weight excluding hydrogens is 205 g/mol. The Kier molecular flexibility index (Phi) is 1.18. The maximum Gasteiger partial charge on any atom is 0.145 e. The van der Waals surface area contributed by atoms with Gasteiger partial charge in [-0.15, -0.1) is 0 Å². The van der Waals surface area contributed by atoms with Gasteiger partial charge >= 0.3 is 0 Å². The molecule has 0 aliphatic rings. The molecular formula is C3H4IN3. The highest BCUT2D eigenvalue weighted by Gasteiger charge is 1.91. The first kappa shape index (κ1) is 4.89. The number of aromatic nitrogens is 2. The van der Waals surface area contributed by atoms with E-state index in [1.165, 1.54) is 0 Å². The average Bonchev–Trinajstić information content (AvgIpc) is 1.91. The van der Waals surface area contributed by atoms with Crippen LogP contribution in [0.1, 0.15) is 0 Å². The molecule has 1 rings (SSSR count). The smallest absolute Gasteiger partial charge is 0.145 e. The third-order valence-corrected chi connectivity index (χ3v) is 1.49. The Labute approximate surface area is 54.4 Å². The summed E-state index contributed by atoms with van der Waals surface area (Å²) in [6.07, 6.45) is 1.65. The minimum absolute atomic E-state index is 0.709. The summed E-state index contributed by atoms with van der Waals surface area (Å²) in [4.78, 5) is 0. The standard InChI is InChI=1S/C3H4IN3/c4-3-2(5)1-6-7-3/h1H,5H2,(H,6,7). The molecule has 0 fully saturated rings. The lowest BCUT2D eigenvalue weighted by Gasteiger charge is -1.76. The third kappa shape index (κ3) is 0.846. The second-order valence-electron chi connectivity index (χ2n) is 1.13. The van der Waals surface area contributed by atoms with Gasteiger partial charge in [-0.1, -0.05) is 0 Å². The topological polar surface area (TPSA) is 54.7 Å². The molecule has 1 aromatic heterocycles. The van der Waals surface area contributed by atoms with Gasteiger partial charge in [0, 0.05) is 6.20 Å². The molecule has 3 N–H and O–H groups in total. The molecule has 4 heteroatoms. The molecule has 3 nitrogen and oxygen atoms in total. The fourth-order valence-electron chi connectivity index (χ4n) is 0.283. The molecule has 1 heterocycles. The van der Waals surface area contributed by atoms with Crippen molar-refractivity contribution in [1.29, 1.82) is 0 Å². The van der Waals surface area contributed by atoms with Gasteiger partial charge < -0.3 is 5.73 Å². The summed E-state index contributed by atoms with van der Waals surface area (Å²) in [6, 6.07) is 0. The zero-order valence-corrected chi connectivity index (χ0v) is 5.64. The molecule has 0 saturated carbocycles. The number of rotatable bonds is 0. The van der Waals surface area contributed by atoms with Crippen molar-refractivity contribution >= 4 is 28.3 Å². The predicted molar refractivity (Wildman–Crippen MR) is 35.7 cm³/mol. The third-order valence-electron chi connectivity index (χ3n) is 0.621. The van der Waals surface area contributed by atoms with Gasteiger partial charge in [-0.25, -0.2) is 0 Å². The lowest BCUT2D eigenvalue weighted by atomic mass is 10.6. The van der Waals surface area contributed by atoms with Crippen LogP contribution in [0.25, 0.3) is 0 Å². The van der Waals surface area contributed by atoms with Crippen molar-refractivity contribution < 1.29 is 0 Å². The van der Waals surface area contributed by atoms with E-state index in [0.29, 0.717) is 5.69 Å². The zero-order valence-electron chi connectivity index (χ0n) is 3.48. The average molecular weight is 209 g/mol. The quantitative estimate of drug-likeness (QED) is 0.614. The van der Waals surface area contributed by atoms with Crippen LogP contribution >= 0.6 is 22.6 Å². The van der Waals surface area contributed by atoms with Crippen LogP contribution < -0.4 is 5.73 Å². The number of nitrogens with two attached hydrogens (primary N) is 1. The Morgan fingerprint density at radius 1 is 1.86 bits per heavy atom. The molecule has 0 bridgehead atoms. The first-order valence-corrected chi connectivity index (χ1v) is 2.83. The fraction of sp³-hybridized carbons (Fsp3) is 0. The molecule has 0 atom stereocenters. The van der Waals surface area contributed by atoms with E-state index in [4.69, 9.17) is 5.73 Å². The summed E-state index contributed by atoms with van der Waals surface area (Å²) < 4.78 is 0.831. The van der Waals surface area contributed by atoms with Gasteiger partial charge in [0.1, 0.15) is 3.70 Å². The summed E-state index contributed by atoms with van der Waals surface area (Å²) in [5.74, 6) is 0. The summed E-state index contributed by atoms with van der Waals surface area (Å²) in [5, 5.41) is 6.37.